The Bertz CT molecular complexity index is 959. The third-order valence-electron chi connectivity index (χ3n) is 6.86. The van der Waals surface area contributed by atoms with E-state index in [1.165, 1.54) is 28.1 Å². The number of nitrogens with zero attached hydrogens (tertiary/aromatic N) is 2. The maximum absolute atomic E-state index is 13.2. The Morgan fingerprint density at radius 3 is 2.82 bits per heavy atom. The number of rotatable bonds is 2. The van der Waals surface area contributed by atoms with Crippen LogP contribution < -0.4 is 5.32 Å². The predicted molar refractivity (Wildman–Crippen MR) is 110 cm³/mol. The molecule has 5 nitrogen and oxygen atoms in total. The van der Waals surface area contributed by atoms with Gasteiger partial charge >= 0.3 is 0 Å². The minimum Gasteiger partial charge on any atom is -0.376 e. The van der Waals surface area contributed by atoms with Gasteiger partial charge in [-0.3, -0.25) is 9.89 Å². The number of allylic oxidation sites excluding steroid dienone is 1. The third-order valence-corrected chi connectivity index (χ3v) is 6.86. The van der Waals surface area contributed by atoms with Crippen molar-refractivity contribution in [2.24, 2.45) is 17.3 Å². The summed E-state index contributed by atoms with van der Waals surface area (Å²) in [5.41, 5.74) is 8.20. The van der Waals surface area contributed by atoms with Gasteiger partial charge in [-0.2, -0.15) is 5.10 Å². The van der Waals surface area contributed by atoms with Gasteiger partial charge < -0.3 is 10.2 Å². The molecule has 1 amide bonds. The monoisotopic (exact) mass is 378 g/mol. The van der Waals surface area contributed by atoms with Crippen LogP contribution in [0.2, 0.25) is 0 Å². The summed E-state index contributed by atoms with van der Waals surface area (Å²) >= 11 is 0. The van der Waals surface area contributed by atoms with Crippen molar-refractivity contribution in [2.75, 3.05) is 6.54 Å². The number of H-pyrrole nitrogens is 1. The molecular formula is C23H30N4O. The van der Waals surface area contributed by atoms with Crippen LogP contribution in [0.5, 0.6) is 0 Å². The molecule has 0 aromatic carbocycles. The first-order chi connectivity index (χ1) is 13.3. The molecule has 2 atom stereocenters. The van der Waals surface area contributed by atoms with Crippen LogP contribution in [0.1, 0.15) is 57.5 Å². The minimum atomic E-state index is -0.457. The van der Waals surface area contributed by atoms with E-state index in [0.29, 0.717) is 11.8 Å². The summed E-state index contributed by atoms with van der Waals surface area (Å²) in [5, 5.41) is 11.6. The topological polar surface area (TPSA) is 61.0 Å². The molecule has 0 radical (unpaired) electrons. The average Bonchev–Trinajstić information content (AvgIpc) is 3.17. The number of likely N-dealkylation sites (tertiary alicyclic amines) is 1. The molecule has 28 heavy (non-hydrogen) atoms. The summed E-state index contributed by atoms with van der Waals surface area (Å²) in [6, 6.07) is 0.220. The number of aryl methyl sites for hydroxylation is 1. The number of carbonyl (C=O) groups is 1. The molecule has 2 unspecified atom stereocenters. The minimum absolute atomic E-state index is 0.220. The predicted octanol–water partition coefficient (Wildman–Crippen LogP) is 3.70. The number of aromatic amines is 1. The van der Waals surface area contributed by atoms with Gasteiger partial charge in [0.2, 0.25) is 5.91 Å². The molecule has 1 aromatic rings. The summed E-state index contributed by atoms with van der Waals surface area (Å²) in [6.45, 7) is 11.4. The van der Waals surface area contributed by atoms with Crippen LogP contribution in [0.25, 0.3) is 5.70 Å². The first-order valence-electron chi connectivity index (χ1n) is 10.6. The lowest BCUT2D eigenvalue weighted by molar-refractivity contribution is -0.133. The molecule has 5 rings (SSSR count). The van der Waals surface area contributed by atoms with E-state index in [-0.39, 0.29) is 11.9 Å². The van der Waals surface area contributed by atoms with Gasteiger partial charge in [-0.1, -0.05) is 26.0 Å². The average molecular weight is 379 g/mol. The fourth-order valence-corrected chi connectivity index (χ4v) is 5.41. The Kier molecular flexibility index (Phi) is 3.71. The number of hydrogen-bond acceptors (Lipinski definition) is 3. The largest absolute Gasteiger partial charge is 0.376 e. The smallest absolute Gasteiger partial charge is 0.237 e. The van der Waals surface area contributed by atoms with Gasteiger partial charge in [0, 0.05) is 29.4 Å². The summed E-state index contributed by atoms with van der Waals surface area (Å²) in [4.78, 5) is 15.2. The van der Waals surface area contributed by atoms with Crippen LogP contribution in [0, 0.1) is 24.2 Å². The molecule has 4 aliphatic rings. The van der Waals surface area contributed by atoms with Crippen molar-refractivity contribution < 1.29 is 4.79 Å². The highest BCUT2D eigenvalue weighted by Gasteiger charge is 2.50. The first-order valence-corrected chi connectivity index (χ1v) is 10.6. The van der Waals surface area contributed by atoms with Crippen molar-refractivity contribution in [3.63, 3.8) is 0 Å². The maximum Gasteiger partial charge on any atom is 0.237 e. The second-order valence-electron chi connectivity index (χ2n) is 9.69. The zero-order chi connectivity index (χ0) is 19.8. The third kappa shape index (κ3) is 2.31. The second kappa shape index (κ2) is 5.85. The molecule has 0 spiro atoms. The molecule has 148 valence electrons. The summed E-state index contributed by atoms with van der Waals surface area (Å²) in [5.74, 6) is 0.994. The Morgan fingerprint density at radius 1 is 1.29 bits per heavy atom. The van der Waals surface area contributed by atoms with Crippen molar-refractivity contribution >= 4 is 11.6 Å². The number of aromatic nitrogens is 2. The van der Waals surface area contributed by atoms with E-state index in [2.05, 4.69) is 62.3 Å². The van der Waals surface area contributed by atoms with Gasteiger partial charge in [-0.25, -0.2) is 0 Å². The lowest BCUT2D eigenvalue weighted by atomic mass is 9.78. The Labute approximate surface area is 167 Å². The molecule has 2 N–H and O–H groups in total. The van der Waals surface area contributed by atoms with Crippen LogP contribution in [0.3, 0.4) is 0 Å². The molecule has 5 heteroatoms. The lowest BCUT2D eigenvalue weighted by Gasteiger charge is -2.28. The van der Waals surface area contributed by atoms with Gasteiger partial charge in [-0.05, 0) is 57.1 Å². The molecule has 1 aromatic heterocycles. The summed E-state index contributed by atoms with van der Waals surface area (Å²) in [6.07, 6.45) is 8.01. The number of hydrogen-bond donors (Lipinski definition) is 2. The number of fused-ring (bicyclic) bond motifs is 5. The van der Waals surface area contributed by atoms with Crippen molar-refractivity contribution in [3.8, 4) is 0 Å². The van der Waals surface area contributed by atoms with E-state index < -0.39 is 5.41 Å². The van der Waals surface area contributed by atoms with Gasteiger partial charge in [0.05, 0.1) is 17.2 Å². The van der Waals surface area contributed by atoms with Crippen molar-refractivity contribution in [2.45, 2.75) is 59.9 Å². The number of nitrogens with one attached hydrogen (secondary N) is 2. The highest BCUT2D eigenvalue weighted by Crippen LogP contribution is 2.50. The van der Waals surface area contributed by atoms with E-state index >= 15 is 0 Å². The van der Waals surface area contributed by atoms with Gasteiger partial charge in [-0.15, -0.1) is 0 Å². The number of carbonyl (C=O) groups excluding carboxylic acids is 1. The van der Waals surface area contributed by atoms with Crippen molar-refractivity contribution in [1.82, 2.24) is 20.4 Å². The molecule has 2 aliphatic heterocycles. The quantitative estimate of drug-likeness (QED) is 0.825. The second-order valence-corrected chi connectivity index (χ2v) is 9.69. The molecule has 2 aliphatic carbocycles. The van der Waals surface area contributed by atoms with Crippen molar-refractivity contribution in [1.29, 1.82) is 0 Å². The van der Waals surface area contributed by atoms with Crippen LogP contribution in [0.4, 0.5) is 0 Å². The summed E-state index contributed by atoms with van der Waals surface area (Å²) < 4.78 is 0. The summed E-state index contributed by atoms with van der Waals surface area (Å²) in [7, 11) is 0. The standard InChI is InChI=1S/C23H30N4O/c1-12(2)11-27-19-9-16-15-8-6-7-14-13(3)25-26-21(14)20(15)24-18(16)10-17(19)23(4,5)22(27)28/h9-10,12,16,18,24H,6-8,11H2,1-5H3,(H,25,26). The first kappa shape index (κ1) is 17.8. The van der Waals surface area contributed by atoms with Crippen LogP contribution in [0.15, 0.2) is 29.0 Å². The Hall–Kier alpha value is -2.30. The fourth-order valence-electron chi connectivity index (χ4n) is 5.41. The lowest BCUT2D eigenvalue weighted by Crippen LogP contribution is -2.33. The molecule has 1 fully saturated rings. The molecule has 3 heterocycles. The number of amides is 1. The SMILES string of the molecule is Cc1[nH]nc2c1CCCC1=C2NC2C=C3C(=CC12)N(CC(C)C)C(=O)C3(C)C. The van der Waals surface area contributed by atoms with Crippen molar-refractivity contribution in [3.05, 3.63) is 45.9 Å². The van der Waals surface area contributed by atoms with E-state index in [0.717, 1.165) is 37.2 Å². The van der Waals surface area contributed by atoms with Crippen LogP contribution >= 0.6 is 0 Å². The van der Waals surface area contributed by atoms with Gasteiger partial charge in [0.25, 0.3) is 0 Å². The van der Waals surface area contributed by atoms with E-state index in [1.807, 2.05) is 4.90 Å². The highest BCUT2D eigenvalue weighted by atomic mass is 16.2. The van der Waals surface area contributed by atoms with Crippen LogP contribution in [-0.4, -0.2) is 33.6 Å². The van der Waals surface area contributed by atoms with E-state index in [9.17, 15) is 4.79 Å². The normalized spacial score (nSPS) is 27.6. The Balaban J connectivity index is 1.60. The Morgan fingerprint density at radius 2 is 2.07 bits per heavy atom. The zero-order valence-electron chi connectivity index (χ0n) is 17.5. The zero-order valence-corrected chi connectivity index (χ0v) is 17.5. The highest BCUT2D eigenvalue weighted by molar-refractivity contribution is 5.93. The maximum atomic E-state index is 13.2. The van der Waals surface area contributed by atoms with Gasteiger partial charge in [0.15, 0.2) is 0 Å². The molecule has 1 saturated heterocycles. The van der Waals surface area contributed by atoms with E-state index in [4.69, 9.17) is 0 Å². The molecule has 0 bridgehead atoms. The van der Waals surface area contributed by atoms with Gasteiger partial charge in [0.1, 0.15) is 5.69 Å². The fraction of sp³-hybridized carbons (Fsp3) is 0.565. The van der Waals surface area contributed by atoms with Crippen LogP contribution in [-0.2, 0) is 11.2 Å². The molecule has 0 saturated carbocycles. The molecular weight excluding hydrogens is 348 g/mol. The van der Waals surface area contributed by atoms with E-state index in [1.54, 1.807) is 0 Å².